The molecular formula is C18H18F3NO3S. The van der Waals surface area contributed by atoms with Crippen LogP contribution < -0.4 is 0 Å². The number of aromatic nitrogens is 1. The van der Waals surface area contributed by atoms with Gasteiger partial charge in [0, 0.05) is 10.6 Å². The van der Waals surface area contributed by atoms with Crippen LogP contribution in [0, 0.1) is 13.8 Å². The predicted octanol–water partition coefficient (Wildman–Crippen LogP) is 4.80. The highest BCUT2D eigenvalue weighted by Gasteiger charge is 2.31. The number of thioether (sulfide) groups is 1. The number of nitrogens with one attached hydrogen (secondary N) is 1. The van der Waals surface area contributed by atoms with E-state index in [1.807, 2.05) is 0 Å². The maximum absolute atomic E-state index is 12.8. The molecule has 0 spiro atoms. The number of esters is 1. The van der Waals surface area contributed by atoms with Crippen molar-refractivity contribution in [2.45, 2.75) is 37.1 Å². The molecule has 1 atom stereocenters. The second kappa shape index (κ2) is 7.57. The minimum atomic E-state index is -4.44. The van der Waals surface area contributed by atoms with Crippen molar-refractivity contribution in [1.29, 1.82) is 0 Å². The van der Waals surface area contributed by atoms with Gasteiger partial charge in [-0.05, 0) is 44.5 Å². The van der Waals surface area contributed by atoms with Gasteiger partial charge in [0.2, 0.25) is 0 Å². The van der Waals surface area contributed by atoms with E-state index in [1.54, 1.807) is 20.8 Å². The number of halogens is 3. The molecule has 0 saturated heterocycles. The van der Waals surface area contributed by atoms with Crippen LogP contribution in [0.25, 0.3) is 0 Å². The number of hydrogen-bond donors (Lipinski definition) is 1. The Morgan fingerprint density at radius 3 is 2.46 bits per heavy atom. The number of rotatable bonds is 5. The molecule has 1 N–H and O–H groups in total. The van der Waals surface area contributed by atoms with Crippen molar-refractivity contribution in [3.05, 3.63) is 52.3 Å². The van der Waals surface area contributed by atoms with E-state index in [-0.39, 0.29) is 11.5 Å². The van der Waals surface area contributed by atoms with Gasteiger partial charge in [0.05, 0.1) is 29.2 Å². The van der Waals surface area contributed by atoms with Crippen molar-refractivity contribution < 1.29 is 27.5 Å². The van der Waals surface area contributed by atoms with Crippen molar-refractivity contribution in [2.24, 2.45) is 0 Å². The molecule has 4 nitrogen and oxygen atoms in total. The third-order valence-corrected chi connectivity index (χ3v) is 5.01. The summed E-state index contributed by atoms with van der Waals surface area (Å²) in [5.74, 6) is -0.850. The van der Waals surface area contributed by atoms with Gasteiger partial charge in [-0.15, -0.1) is 11.8 Å². The highest BCUT2D eigenvalue weighted by molar-refractivity contribution is 8.00. The van der Waals surface area contributed by atoms with Crippen molar-refractivity contribution in [3.8, 4) is 0 Å². The standard InChI is InChI=1S/C18H18F3NO3S/c1-9-14(17(24)25-4)10(2)22-15(9)16(23)11(3)26-13-7-5-6-12(8-13)18(19,20)21/h5-8,11,22H,1-4H3/t11-/m1/s1. The van der Waals surface area contributed by atoms with E-state index in [9.17, 15) is 22.8 Å². The molecule has 140 valence electrons. The molecule has 0 aliphatic heterocycles. The van der Waals surface area contributed by atoms with Crippen LogP contribution in [0.15, 0.2) is 29.2 Å². The lowest BCUT2D eigenvalue weighted by atomic mass is 10.1. The average Bonchev–Trinajstić information content (AvgIpc) is 2.87. The van der Waals surface area contributed by atoms with E-state index >= 15 is 0 Å². The Morgan fingerprint density at radius 1 is 1.23 bits per heavy atom. The molecule has 1 aromatic carbocycles. The number of hydrogen-bond acceptors (Lipinski definition) is 4. The van der Waals surface area contributed by atoms with E-state index in [4.69, 9.17) is 4.74 Å². The monoisotopic (exact) mass is 385 g/mol. The first-order valence-corrected chi connectivity index (χ1v) is 8.59. The maximum atomic E-state index is 12.8. The molecule has 0 unspecified atom stereocenters. The number of methoxy groups -OCH3 is 1. The molecule has 1 heterocycles. The molecule has 2 aromatic rings. The summed E-state index contributed by atoms with van der Waals surface area (Å²) in [5, 5.41) is -0.638. The Labute approximate surface area is 153 Å². The third-order valence-electron chi connectivity index (χ3n) is 3.92. The molecule has 0 fully saturated rings. The molecule has 0 saturated carbocycles. The minimum absolute atomic E-state index is 0.259. The SMILES string of the molecule is COC(=O)c1c(C)[nH]c(C(=O)[C@@H](C)Sc2cccc(C(F)(F)F)c2)c1C. The summed E-state index contributed by atoms with van der Waals surface area (Å²) < 4.78 is 43.1. The van der Waals surface area contributed by atoms with Gasteiger partial charge >= 0.3 is 12.1 Å². The number of Topliss-reactive ketones (excluding diaryl/α,β-unsaturated/α-hetero) is 1. The number of H-pyrrole nitrogens is 1. The molecule has 26 heavy (non-hydrogen) atoms. The number of carbonyl (C=O) groups is 2. The molecular weight excluding hydrogens is 367 g/mol. The van der Waals surface area contributed by atoms with Gasteiger partial charge in [-0.3, -0.25) is 4.79 Å². The van der Waals surface area contributed by atoms with Gasteiger partial charge in [-0.1, -0.05) is 6.07 Å². The van der Waals surface area contributed by atoms with Crippen LogP contribution in [0.1, 0.15) is 44.6 Å². The molecule has 0 aliphatic rings. The Balaban J connectivity index is 2.25. The van der Waals surface area contributed by atoms with Crippen molar-refractivity contribution in [2.75, 3.05) is 7.11 Å². The van der Waals surface area contributed by atoms with E-state index in [0.717, 1.165) is 23.9 Å². The molecule has 2 rings (SSSR count). The van der Waals surface area contributed by atoms with Crippen molar-refractivity contribution in [3.63, 3.8) is 0 Å². The number of benzene rings is 1. The molecule has 8 heteroatoms. The summed E-state index contributed by atoms with van der Waals surface area (Å²) in [6.07, 6.45) is -4.44. The lowest BCUT2D eigenvalue weighted by Gasteiger charge is -2.12. The van der Waals surface area contributed by atoms with Crippen LogP contribution in [-0.4, -0.2) is 29.1 Å². The summed E-state index contributed by atoms with van der Waals surface area (Å²) in [4.78, 5) is 27.7. The third kappa shape index (κ3) is 4.12. The van der Waals surface area contributed by atoms with Gasteiger partial charge in [-0.2, -0.15) is 13.2 Å². The summed E-state index contributed by atoms with van der Waals surface area (Å²) in [7, 11) is 1.25. The number of aryl methyl sites for hydroxylation is 1. The second-order valence-corrected chi connectivity index (χ2v) is 7.18. The highest BCUT2D eigenvalue weighted by Crippen LogP contribution is 2.34. The molecule has 1 aromatic heterocycles. The minimum Gasteiger partial charge on any atom is -0.465 e. The predicted molar refractivity (Wildman–Crippen MR) is 92.7 cm³/mol. The van der Waals surface area contributed by atoms with Gasteiger partial charge < -0.3 is 9.72 Å². The van der Waals surface area contributed by atoms with Gasteiger partial charge in [0.25, 0.3) is 0 Å². The van der Waals surface area contributed by atoms with Gasteiger partial charge in [-0.25, -0.2) is 4.79 Å². The first-order chi connectivity index (χ1) is 12.1. The molecule has 0 amide bonds. The zero-order chi connectivity index (χ0) is 19.6. The zero-order valence-electron chi connectivity index (χ0n) is 14.7. The lowest BCUT2D eigenvalue weighted by Crippen LogP contribution is -2.15. The Bertz CT molecular complexity index is 843. The van der Waals surface area contributed by atoms with Crippen LogP contribution in [0.2, 0.25) is 0 Å². The molecule has 0 radical (unpaired) electrons. The Morgan fingerprint density at radius 2 is 1.88 bits per heavy atom. The number of ketones is 1. The van der Waals surface area contributed by atoms with Crippen LogP contribution in [0.4, 0.5) is 13.2 Å². The number of alkyl halides is 3. The fraction of sp³-hybridized carbons (Fsp3) is 0.333. The van der Waals surface area contributed by atoms with E-state index in [2.05, 4.69) is 4.98 Å². The fourth-order valence-corrected chi connectivity index (χ4v) is 3.60. The largest absolute Gasteiger partial charge is 0.465 e. The molecule has 0 aliphatic carbocycles. The summed E-state index contributed by atoms with van der Waals surface area (Å²) in [6, 6.07) is 4.83. The van der Waals surface area contributed by atoms with Crippen LogP contribution in [-0.2, 0) is 10.9 Å². The maximum Gasteiger partial charge on any atom is 0.416 e. The lowest BCUT2D eigenvalue weighted by molar-refractivity contribution is -0.137. The van der Waals surface area contributed by atoms with Crippen LogP contribution in [0.5, 0.6) is 0 Å². The quantitative estimate of drug-likeness (QED) is 0.456. The smallest absolute Gasteiger partial charge is 0.416 e. The first kappa shape index (κ1) is 20.1. The Kier molecular flexibility index (Phi) is 5.85. The molecule has 0 bridgehead atoms. The van der Waals surface area contributed by atoms with E-state index in [0.29, 0.717) is 21.7 Å². The number of carbonyl (C=O) groups excluding carboxylic acids is 2. The van der Waals surface area contributed by atoms with Crippen LogP contribution >= 0.6 is 11.8 Å². The average molecular weight is 385 g/mol. The second-order valence-electron chi connectivity index (χ2n) is 5.77. The number of aromatic amines is 1. The summed E-state index contributed by atoms with van der Waals surface area (Å²) >= 11 is 1.03. The van der Waals surface area contributed by atoms with Crippen molar-refractivity contribution >= 4 is 23.5 Å². The summed E-state index contributed by atoms with van der Waals surface area (Å²) in [5.41, 5.74) is 0.772. The van der Waals surface area contributed by atoms with E-state index < -0.39 is 23.0 Å². The van der Waals surface area contributed by atoms with Crippen LogP contribution in [0.3, 0.4) is 0 Å². The Hall–Kier alpha value is -2.22. The van der Waals surface area contributed by atoms with Gasteiger partial charge in [0.1, 0.15) is 0 Å². The van der Waals surface area contributed by atoms with Gasteiger partial charge in [0.15, 0.2) is 5.78 Å². The van der Waals surface area contributed by atoms with Crippen molar-refractivity contribution in [1.82, 2.24) is 4.98 Å². The topological polar surface area (TPSA) is 59.2 Å². The normalized spacial score (nSPS) is 12.7. The first-order valence-electron chi connectivity index (χ1n) is 7.71. The van der Waals surface area contributed by atoms with E-state index in [1.165, 1.54) is 19.2 Å². The number of ether oxygens (including phenoxy) is 1. The highest BCUT2D eigenvalue weighted by atomic mass is 32.2. The zero-order valence-corrected chi connectivity index (χ0v) is 15.5. The summed E-state index contributed by atoms with van der Waals surface area (Å²) in [6.45, 7) is 4.89. The fourth-order valence-electron chi connectivity index (χ4n) is 2.61.